The summed E-state index contributed by atoms with van der Waals surface area (Å²) in [5.41, 5.74) is 7.11. The van der Waals surface area contributed by atoms with Crippen LogP contribution in [0.1, 0.15) is 5.56 Å². The van der Waals surface area contributed by atoms with Gasteiger partial charge < -0.3 is 20.1 Å². The van der Waals surface area contributed by atoms with Crippen LogP contribution in [0.15, 0.2) is 18.2 Å². The number of nitrogens with two attached hydrogens (primary N) is 1. The molecule has 108 valence electrons. The molecule has 0 aliphatic carbocycles. The van der Waals surface area contributed by atoms with Gasteiger partial charge in [0.25, 0.3) is 0 Å². The number of esters is 1. The van der Waals surface area contributed by atoms with Gasteiger partial charge in [0.1, 0.15) is 4.99 Å². The van der Waals surface area contributed by atoms with Gasteiger partial charge in [0.2, 0.25) is 0 Å². The monoisotopic (exact) mass is 314 g/mol. The first-order chi connectivity index (χ1) is 9.52. The first-order valence-electron chi connectivity index (χ1n) is 6.06. The molecule has 1 unspecified atom stereocenters. The Hall–Kier alpha value is -1.37. The quantitative estimate of drug-likeness (QED) is 0.671. The van der Waals surface area contributed by atoms with Crippen LogP contribution in [-0.4, -0.2) is 43.9 Å². The summed E-state index contributed by atoms with van der Waals surface area (Å²) in [5, 5.41) is 0.542. The lowest BCUT2D eigenvalue weighted by molar-refractivity contribution is -0.154. The van der Waals surface area contributed by atoms with Gasteiger partial charge in [0.15, 0.2) is 6.10 Å². The number of anilines is 1. The molecule has 0 saturated carbocycles. The molecule has 1 fully saturated rings. The topological polar surface area (TPSA) is 64.8 Å². The van der Waals surface area contributed by atoms with E-state index in [0.717, 1.165) is 5.69 Å². The molecule has 1 aromatic rings. The third-order valence-corrected chi connectivity index (χ3v) is 3.64. The van der Waals surface area contributed by atoms with Crippen molar-refractivity contribution in [3.63, 3.8) is 0 Å². The fraction of sp³-hybridized carbons (Fsp3) is 0.385. The van der Waals surface area contributed by atoms with Crippen LogP contribution in [0.4, 0.5) is 5.69 Å². The van der Waals surface area contributed by atoms with E-state index in [9.17, 15) is 4.79 Å². The first kappa shape index (κ1) is 15.0. The largest absolute Gasteiger partial charge is 0.467 e. The van der Waals surface area contributed by atoms with Gasteiger partial charge >= 0.3 is 5.97 Å². The number of rotatable bonds is 3. The molecule has 1 aromatic carbocycles. The fourth-order valence-electron chi connectivity index (χ4n) is 2.06. The van der Waals surface area contributed by atoms with Crippen LogP contribution in [0.2, 0.25) is 5.02 Å². The Balaban J connectivity index is 2.19. The standard InChI is InChI=1S/C13H15ClN2O3S/c1-18-13(17)11-7-16(4-5-19-11)10-3-2-8(12(15)20)6-9(10)14/h2-3,6,11H,4-5,7H2,1H3,(H2,15,20). The average molecular weight is 315 g/mol. The molecule has 1 atom stereocenters. The minimum atomic E-state index is -0.597. The van der Waals surface area contributed by atoms with Gasteiger partial charge in [-0.15, -0.1) is 0 Å². The molecule has 0 aromatic heterocycles. The van der Waals surface area contributed by atoms with Crippen LogP contribution in [-0.2, 0) is 14.3 Å². The van der Waals surface area contributed by atoms with Crippen molar-refractivity contribution in [2.24, 2.45) is 5.73 Å². The Labute approximate surface area is 127 Å². The molecule has 7 heteroatoms. The summed E-state index contributed by atoms with van der Waals surface area (Å²) in [6.07, 6.45) is -0.597. The third kappa shape index (κ3) is 3.20. The number of hydrogen-bond donors (Lipinski definition) is 1. The van der Waals surface area contributed by atoms with Gasteiger partial charge in [-0.25, -0.2) is 4.79 Å². The van der Waals surface area contributed by atoms with Crippen molar-refractivity contribution in [2.75, 3.05) is 31.7 Å². The van der Waals surface area contributed by atoms with E-state index in [1.165, 1.54) is 7.11 Å². The second-order valence-corrected chi connectivity index (χ2v) is 5.21. The molecule has 0 amide bonds. The van der Waals surface area contributed by atoms with Gasteiger partial charge in [0, 0.05) is 12.1 Å². The molecule has 1 aliphatic heterocycles. The average Bonchev–Trinajstić information content (AvgIpc) is 2.46. The molecule has 1 aliphatic rings. The molecule has 20 heavy (non-hydrogen) atoms. The molecule has 5 nitrogen and oxygen atoms in total. The molecular formula is C13H15ClN2O3S. The van der Waals surface area contributed by atoms with Crippen molar-refractivity contribution in [3.8, 4) is 0 Å². The number of hydrogen-bond acceptors (Lipinski definition) is 5. The molecule has 2 rings (SSSR count). The number of halogens is 1. The van der Waals surface area contributed by atoms with Crippen molar-refractivity contribution < 1.29 is 14.3 Å². The second kappa shape index (κ2) is 6.39. The van der Waals surface area contributed by atoms with Gasteiger partial charge in [-0.1, -0.05) is 23.8 Å². The zero-order chi connectivity index (χ0) is 14.7. The van der Waals surface area contributed by atoms with Crippen molar-refractivity contribution in [1.82, 2.24) is 0 Å². The summed E-state index contributed by atoms with van der Waals surface area (Å²) in [6.45, 7) is 1.49. The van der Waals surface area contributed by atoms with E-state index in [-0.39, 0.29) is 5.97 Å². The molecule has 0 bridgehead atoms. The van der Waals surface area contributed by atoms with Gasteiger partial charge in [-0.05, 0) is 18.2 Å². The lowest BCUT2D eigenvalue weighted by Crippen LogP contribution is -2.46. The van der Waals surface area contributed by atoms with Gasteiger partial charge in [-0.3, -0.25) is 0 Å². The summed E-state index contributed by atoms with van der Waals surface area (Å²) in [5.74, 6) is -0.384. The highest BCUT2D eigenvalue weighted by Gasteiger charge is 2.28. The Morgan fingerprint density at radius 3 is 2.95 bits per heavy atom. The molecule has 1 heterocycles. The zero-order valence-electron chi connectivity index (χ0n) is 11.0. The molecular weight excluding hydrogens is 300 g/mol. The summed E-state index contributed by atoms with van der Waals surface area (Å²) in [6, 6.07) is 5.38. The number of morpholine rings is 1. The Kier molecular flexibility index (Phi) is 4.80. The van der Waals surface area contributed by atoms with E-state index in [1.54, 1.807) is 6.07 Å². The Morgan fingerprint density at radius 2 is 2.35 bits per heavy atom. The van der Waals surface area contributed by atoms with Crippen LogP contribution in [0.3, 0.4) is 0 Å². The van der Waals surface area contributed by atoms with E-state index in [2.05, 4.69) is 0 Å². The van der Waals surface area contributed by atoms with E-state index in [0.29, 0.717) is 35.3 Å². The van der Waals surface area contributed by atoms with Gasteiger partial charge in [0.05, 0.1) is 31.0 Å². The highest BCUT2D eigenvalue weighted by molar-refractivity contribution is 7.80. The molecule has 2 N–H and O–H groups in total. The van der Waals surface area contributed by atoms with Crippen molar-refractivity contribution in [2.45, 2.75) is 6.10 Å². The van der Waals surface area contributed by atoms with Gasteiger partial charge in [-0.2, -0.15) is 0 Å². The summed E-state index contributed by atoms with van der Waals surface area (Å²) in [4.78, 5) is 13.8. The number of carbonyl (C=O) groups is 1. The van der Waals surface area contributed by atoms with Crippen LogP contribution in [0.5, 0.6) is 0 Å². The van der Waals surface area contributed by atoms with Crippen molar-refractivity contribution in [1.29, 1.82) is 0 Å². The van der Waals surface area contributed by atoms with Crippen molar-refractivity contribution in [3.05, 3.63) is 28.8 Å². The maximum atomic E-state index is 11.5. The Bertz CT molecular complexity index is 538. The van der Waals surface area contributed by atoms with Crippen LogP contribution >= 0.6 is 23.8 Å². The highest BCUT2D eigenvalue weighted by atomic mass is 35.5. The summed E-state index contributed by atoms with van der Waals surface area (Å²) < 4.78 is 10.1. The number of thiocarbonyl (C=S) groups is 1. The van der Waals surface area contributed by atoms with Crippen LogP contribution < -0.4 is 10.6 Å². The molecule has 0 radical (unpaired) electrons. The summed E-state index contributed by atoms with van der Waals surface area (Å²) >= 11 is 11.2. The number of methoxy groups -OCH3 is 1. The maximum absolute atomic E-state index is 11.5. The minimum absolute atomic E-state index is 0.299. The minimum Gasteiger partial charge on any atom is -0.467 e. The maximum Gasteiger partial charge on any atom is 0.336 e. The van der Waals surface area contributed by atoms with E-state index in [1.807, 2.05) is 17.0 Å². The van der Waals surface area contributed by atoms with E-state index >= 15 is 0 Å². The van der Waals surface area contributed by atoms with Crippen LogP contribution in [0.25, 0.3) is 0 Å². The lowest BCUT2D eigenvalue weighted by atomic mass is 10.1. The fourth-order valence-corrected chi connectivity index (χ4v) is 2.49. The first-order valence-corrected chi connectivity index (χ1v) is 6.85. The smallest absolute Gasteiger partial charge is 0.336 e. The van der Waals surface area contributed by atoms with E-state index < -0.39 is 6.10 Å². The third-order valence-electron chi connectivity index (χ3n) is 3.10. The SMILES string of the molecule is COC(=O)C1CN(c2ccc(C(N)=S)cc2Cl)CCO1. The van der Waals surface area contributed by atoms with Crippen LogP contribution in [0, 0.1) is 0 Å². The molecule has 0 spiro atoms. The Morgan fingerprint density at radius 1 is 1.60 bits per heavy atom. The lowest BCUT2D eigenvalue weighted by Gasteiger charge is -2.33. The number of nitrogens with zero attached hydrogens (tertiary/aromatic N) is 1. The summed E-state index contributed by atoms with van der Waals surface area (Å²) in [7, 11) is 1.34. The number of benzene rings is 1. The number of carbonyl (C=O) groups excluding carboxylic acids is 1. The highest BCUT2D eigenvalue weighted by Crippen LogP contribution is 2.28. The van der Waals surface area contributed by atoms with Crippen molar-refractivity contribution >= 4 is 40.5 Å². The predicted molar refractivity (Wildman–Crippen MR) is 81.3 cm³/mol. The predicted octanol–water partition coefficient (Wildman–Crippen LogP) is 1.35. The van der Waals surface area contributed by atoms with E-state index in [4.69, 9.17) is 39.0 Å². The normalized spacial score (nSPS) is 18.7. The molecule has 1 saturated heterocycles. The number of ether oxygens (including phenoxy) is 2. The zero-order valence-corrected chi connectivity index (χ0v) is 12.5. The second-order valence-electron chi connectivity index (χ2n) is 4.36.